The maximum atomic E-state index is 4.31. The Morgan fingerprint density at radius 2 is 1.35 bits per heavy atom. The molecule has 0 nitrogen and oxygen atoms in total. The van der Waals surface area contributed by atoms with Crippen molar-refractivity contribution < 1.29 is 0 Å². The first kappa shape index (κ1) is 31.2. The van der Waals surface area contributed by atoms with Crippen LogP contribution in [0.1, 0.15) is 60.1 Å². The highest BCUT2D eigenvalue weighted by atomic mass is 14.2. The smallest absolute Gasteiger partial charge is 0.00194 e. The van der Waals surface area contributed by atoms with E-state index in [1.165, 1.54) is 76.9 Å². The highest BCUT2D eigenvalue weighted by Gasteiger charge is 2.15. The molecule has 0 heteroatoms. The van der Waals surface area contributed by atoms with E-state index >= 15 is 0 Å². The van der Waals surface area contributed by atoms with E-state index in [1.807, 2.05) is 0 Å². The van der Waals surface area contributed by atoms with Crippen molar-refractivity contribution in [3.63, 3.8) is 0 Å². The van der Waals surface area contributed by atoms with Crippen molar-refractivity contribution in [2.24, 2.45) is 0 Å². The first-order valence-corrected chi connectivity index (χ1v) is 17.1. The van der Waals surface area contributed by atoms with E-state index in [0.717, 1.165) is 31.3 Å². The van der Waals surface area contributed by atoms with Gasteiger partial charge in [0.2, 0.25) is 0 Å². The van der Waals surface area contributed by atoms with Crippen LogP contribution in [0.4, 0.5) is 0 Å². The van der Waals surface area contributed by atoms with E-state index in [9.17, 15) is 0 Å². The summed E-state index contributed by atoms with van der Waals surface area (Å²) in [6.07, 6.45) is 13.2. The van der Waals surface area contributed by atoms with E-state index in [4.69, 9.17) is 0 Å². The summed E-state index contributed by atoms with van der Waals surface area (Å²) >= 11 is 0. The molecule has 48 heavy (non-hydrogen) atoms. The molecule has 0 unspecified atom stereocenters. The Kier molecular flexibility index (Phi) is 9.16. The van der Waals surface area contributed by atoms with Gasteiger partial charge in [0.05, 0.1) is 0 Å². The average Bonchev–Trinajstić information content (AvgIpc) is 3.10. The number of allylic oxidation sites excluding steroid dienone is 5. The maximum absolute atomic E-state index is 4.31. The molecule has 1 aliphatic carbocycles. The first-order valence-electron chi connectivity index (χ1n) is 17.1. The van der Waals surface area contributed by atoms with Crippen LogP contribution in [-0.2, 0) is 12.8 Å². The average molecular weight is 619 g/mol. The van der Waals surface area contributed by atoms with E-state index in [1.54, 1.807) is 0 Å². The van der Waals surface area contributed by atoms with Crippen molar-refractivity contribution in [3.8, 4) is 11.1 Å². The molecule has 0 aliphatic heterocycles. The highest BCUT2D eigenvalue weighted by Crippen LogP contribution is 2.35. The molecule has 1 aliphatic rings. The molecule has 6 aromatic carbocycles. The molecule has 0 fully saturated rings. The zero-order chi connectivity index (χ0) is 32.9. The molecule has 0 bridgehead atoms. The lowest BCUT2D eigenvalue weighted by molar-refractivity contribution is 0.978. The quantitative estimate of drug-likeness (QED) is 0.159. The molecule has 0 amide bonds. The molecule has 0 saturated heterocycles. The minimum absolute atomic E-state index is 0.888. The van der Waals surface area contributed by atoms with Gasteiger partial charge in [-0.25, -0.2) is 0 Å². The number of fused-ring (bicyclic) bond motifs is 1. The van der Waals surface area contributed by atoms with Gasteiger partial charge in [0.25, 0.3) is 0 Å². The predicted octanol–water partition coefficient (Wildman–Crippen LogP) is 11.0. The lowest BCUT2D eigenvalue weighted by Crippen LogP contribution is -2.27. The summed E-state index contributed by atoms with van der Waals surface area (Å²) in [6, 6.07) is 48.8. The summed E-state index contributed by atoms with van der Waals surface area (Å²) in [7, 11) is 0. The summed E-state index contributed by atoms with van der Waals surface area (Å²) < 4.78 is 0. The molecular formula is C48H42. The predicted molar refractivity (Wildman–Crippen MR) is 207 cm³/mol. The van der Waals surface area contributed by atoms with Crippen molar-refractivity contribution in [1.29, 1.82) is 0 Å². The molecule has 234 valence electrons. The summed E-state index contributed by atoms with van der Waals surface area (Å²) in [4.78, 5) is 0. The SMILES string of the molecule is C=C(C)/C=c1/c(-c2cccc(Cc3ccccc3)c2)cccc1=Cc1cccc2c(C3=CC=C(C)CC3)ccc(Cc3ccccc3)c12. The van der Waals surface area contributed by atoms with E-state index in [0.29, 0.717) is 0 Å². The Bertz CT molecular complexity index is 2300. The van der Waals surface area contributed by atoms with Gasteiger partial charge in [-0.2, -0.15) is 0 Å². The largest absolute Gasteiger partial charge is 0.0961 e. The number of rotatable bonds is 8. The molecular weight excluding hydrogens is 577 g/mol. The van der Waals surface area contributed by atoms with Crippen LogP contribution >= 0.6 is 0 Å². The fourth-order valence-corrected chi connectivity index (χ4v) is 7.06. The van der Waals surface area contributed by atoms with Crippen LogP contribution in [0, 0.1) is 0 Å². The van der Waals surface area contributed by atoms with Crippen LogP contribution in [-0.4, -0.2) is 0 Å². The minimum Gasteiger partial charge on any atom is -0.0961 e. The Labute approximate surface area is 285 Å². The van der Waals surface area contributed by atoms with Gasteiger partial charge in [-0.3, -0.25) is 0 Å². The fourth-order valence-electron chi connectivity index (χ4n) is 7.06. The van der Waals surface area contributed by atoms with Crippen LogP contribution in [0.5, 0.6) is 0 Å². The Hall–Kier alpha value is -5.46. The van der Waals surface area contributed by atoms with E-state index in [2.05, 4.69) is 178 Å². The normalized spacial score (nSPS) is 13.8. The standard InChI is InChI=1S/C48H42/c1-34(2)29-47-41(19-11-21-44(47)40-18-10-17-38(32-40)30-36-13-6-4-7-14-36)33-42-20-12-22-46-45(39-25-23-35(3)24-26-39)28-27-43(48(42)46)31-37-15-8-5-9-16-37/h4-23,25,27-29,32-33H,1,24,26,30-31H2,2-3H3/b41-33?,47-29+. The van der Waals surface area contributed by atoms with Gasteiger partial charge in [-0.15, -0.1) is 0 Å². The first-order chi connectivity index (χ1) is 23.5. The topological polar surface area (TPSA) is 0 Å². The van der Waals surface area contributed by atoms with Crippen molar-refractivity contribution in [3.05, 3.63) is 207 Å². The molecule has 0 spiro atoms. The fraction of sp³-hybridized carbons (Fsp3) is 0.125. The molecule has 6 aromatic rings. The van der Waals surface area contributed by atoms with Gasteiger partial charge in [0.15, 0.2) is 0 Å². The van der Waals surface area contributed by atoms with Gasteiger partial charge in [0, 0.05) is 0 Å². The second kappa shape index (κ2) is 14.1. The zero-order valence-corrected chi connectivity index (χ0v) is 28.0. The summed E-state index contributed by atoms with van der Waals surface area (Å²) in [5, 5.41) is 5.06. The van der Waals surface area contributed by atoms with E-state index < -0.39 is 0 Å². The van der Waals surface area contributed by atoms with Crippen LogP contribution in [0.2, 0.25) is 0 Å². The number of benzene rings is 6. The van der Waals surface area contributed by atoms with Crippen LogP contribution in [0.25, 0.3) is 39.6 Å². The Morgan fingerprint density at radius 3 is 2.08 bits per heavy atom. The zero-order valence-electron chi connectivity index (χ0n) is 28.0. The molecule has 0 N–H and O–H groups in total. The number of hydrogen-bond acceptors (Lipinski definition) is 0. The van der Waals surface area contributed by atoms with Crippen molar-refractivity contribution in [1.82, 2.24) is 0 Å². The molecule has 0 saturated carbocycles. The van der Waals surface area contributed by atoms with E-state index in [-0.39, 0.29) is 0 Å². The van der Waals surface area contributed by atoms with Crippen LogP contribution < -0.4 is 10.4 Å². The molecule has 0 heterocycles. The second-order valence-electron chi connectivity index (χ2n) is 13.2. The van der Waals surface area contributed by atoms with Gasteiger partial charge in [0.1, 0.15) is 0 Å². The third-order valence-electron chi connectivity index (χ3n) is 9.43. The summed E-state index contributed by atoms with van der Waals surface area (Å²) in [5.74, 6) is 0. The van der Waals surface area contributed by atoms with Crippen molar-refractivity contribution in [2.75, 3.05) is 0 Å². The van der Waals surface area contributed by atoms with Gasteiger partial charge in [-0.05, 0) is 117 Å². The van der Waals surface area contributed by atoms with Gasteiger partial charge >= 0.3 is 0 Å². The van der Waals surface area contributed by atoms with Crippen molar-refractivity contribution >= 4 is 28.5 Å². The third kappa shape index (κ3) is 6.94. The molecule has 7 rings (SSSR count). The maximum Gasteiger partial charge on any atom is -0.00194 e. The molecule has 0 aromatic heterocycles. The summed E-state index contributed by atoms with van der Waals surface area (Å²) in [5.41, 5.74) is 14.3. The lowest BCUT2D eigenvalue weighted by Gasteiger charge is -2.18. The minimum atomic E-state index is 0.888. The van der Waals surface area contributed by atoms with Crippen LogP contribution in [0.15, 0.2) is 163 Å². The number of hydrogen-bond donors (Lipinski definition) is 0. The Morgan fingerprint density at radius 1 is 0.646 bits per heavy atom. The lowest BCUT2D eigenvalue weighted by atomic mass is 9.86. The molecule has 0 atom stereocenters. The highest BCUT2D eigenvalue weighted by molar-refractivity contribution is 6.01. The summed E-state index contributed by atoms with van der Waals surface area (Å²) in [6.45, 7) is 8.62. The van der Waals surface area contributed by atoms with Gasteiger partial charge < -0.3 is 0 Å². The Balaban J connectivity index is 1.42. The van der Waals surface area contributed by atoms with Crippen LogP contribution in [0.3, 0.4) is 0 Å². The third-order valence-corrected chi connectivity index (χ3v) is 9.43. The second-order valence-corrected chi connectivity index (χ2v) is 13.2. The van der Waals surface area contributed by atoms with Gasteiger partial charge in [-0.1, -0.05) is 169 Å². The molecule has 0 radical (unpaired) electrons. The monoisotopic (exact) mass is 618 g/mol. The van der Waals surface area contributed by atoms with Crippen molar-refractivity contribution in [2.45, 2.75) is 39.5 Å².